The third-order valence-corrected chi connectivity index (χ3v) is 5.03. The zero-order chi connectivity index (χ0) is 13.2. The van der Waals surface area contributed by atoms with Crippen LogP contribution in [0.25, 0.3) is 0 Å². The molecule has 0 amide bonds. The molecule has 0 aliphatic heterocycles. The van der Waals surface area contributed by atoms with Crippen molar-refractivity contribution in [2.45, 2.75) is 78.7 Å². The molecule has 2 saturated carbocycles. The molecule has 2 rings (SSSR count). The summed E-state index contributed by atoms with van der Waals surface area (Å²) in [6.45, 7) is 11.0. The van der Waals surface area contributed by atoms with Gasteiger partial charge in [0.15, 0.2) is 0 Å². The minimum atomic E-state index is 0.595. The zero-order valence-electron chi connectivity index (χ0n) is 13.0. The van der Waals surface area contributed by atoms with E-state index >= 15 is 0 Å². The Morgan fingerprint density at radius 3 is 2.44 bits per heavy atom. The van der Waals surface area contributed by atoms with Crippen molar-refractivity contribution in [3.63, 3.8) is 0 Å². The van der Waals surface area contributed by atoms with Gasteiger partial charge in [0.25, 0.3) is 0 Å². The van der Waals surface area contributed by atoms with Crippen molar-refractivity contribution in [3.8, 4) is 0 Å². The van der Waals surface area contributed by atoms with E-state index in [1.807, 2.05) is 0 Å². The molecule has 1 heteroatoms. The summed E-state index contributed by atoms with van der Waals surface area (Å²) < 4.78 is 0. The van der Waals surface area contributed by atoms with E-state index in [2.05, 4.69) is 33.0 Å². The number of rotatable bonds is 6. The molecule has 18 heavy (non-hydrogen) atoms. The molecular weight excluding hydrogens is 218 g/mol. The highest BCUT2D eigenvalue weighted by Gasteiger charge is 2.35. The fourth-order valence-electron chi connectivity index (χ4n) is 3.55. The first-order valence-electron chi connectivity index (χ1n) is 8.20. The summed E-state index contributed by atoms with van der Waals surface area (Å²) in [5, 5.41) is 3.77. The Labute approximate surface area is 114 Å². The molecule has 1 nitrogen and oxygen atoms in total. The SMILES string of the molecule is CC(C)CCC1CC(C)(C)CCC1CNC1CC1. The molecule has 0 aromatic heterocycles. The van der Waals surface area contributed by atoms with Gasteiger partial charge >= 0.3 is 0 Å². The monoisotopic (exact) mass is 251 g/mol. The lowest BCUT2D eigenvalue weighted by molar-refractivity contribution is 0.105. The molecule has 0 radical (unpaired) electrons. The molecule has 0 bridgehead atoms. The number of hydrogen-bond acceptors (Lipinski definition) is 1. The summed E-state index contributed by atoms with van der Waals surface area (Å²) in [6.07, 6.45) is 10.1. The fraction of sp³-hybridized carbons (Fsp3) is 1.00. The van der Waals surface area contributed by atoms with Gasteiger partial charge in [-0.05, 0) is 68.2 Å². The summed E-state index contributed by atoms with van der Waals surface area (Å²) in [5.41, 5.74) is 0.595. The highest BCUT2D eigenvalue weighted by molar-refractivity contribution is 4.88. The molecular formula is C17H33N. The van der Waals surface area contributed by atoms with E-state index in [9.17, 15) is 0 Å². The third kappa shape index (κ3) is 4.57. The van der Waals surface area contributed by atoms with Gasteiger partial charge in [-0.3, -0.25) is 0 Å². The molecule has 0 heterocycles. The minimum Gasteiger partial charge on any atom is -0.314 e. The van der Waals surface area contributed by atoms with Crippen LogP contribution in [0.1, 0.15) is 72.6 Å². The van der Waals surface area contributed by atoms with Crippen LogP contribution in [0.15, 0.2) is 0 Å². The van der Waals surface area contributed by atoms with Gasteiger partial charge in [0.05, 0.1) is 0 Å². The minimum absolute atomic E-state index is 0.595. The van der Waals surface area contributed by atoms with E-state index in [4.69, 9.17) is 0 Å². The van der Waals surface area contributed by atoms with Crippen molar-refractivity contribution in [3.05, 3.63) is 0 Å². The average Bonchev–Trinajstić information content (AvgIpc) is 3.08. The first-order valence-corrected chi connectivity index (χ1v) is 8.20. The Kier molecular flexibility index (Phi) is 4.75. The molecule has 0 spiro atoms. The van der Waals surface area contributed by atoms with Crippen LogP contribution in [-0.2, 0) is 0 Å². The maximum Gasteiger partial charge on any atom is 0.00683 e. The van der Waals surface area contributed by atoms with Crippen LogP contribution in [0.2, 0.25) is 0 Å². The molecule has 106 valence electrons. The Morgan fingerprint density at radius 2 is 1.83 bits per heavy atom. The highest BCUT2D eigenvalue weighted by Crippen LogP contribution is 2.44. The number of hydrogen-bond donors (Lipinski definition) is 1. The van der Waals surface area contributed by atoms with Gasteiger partial charge < -0.3 is 5.32 Å². The van der Waals surface area contributed by atoms with Gasteiger partial charge in [0.2, 0.25) is 0 Å². The van der Waals surface area contributed by atoms with Crippen molar-refractivity contribution in [1.82, 2.24) is 5.32 Å². The summed E-state index contributed by atoms with van der Waals surface area (Å²) in [4.78, 5) is 0. The normalized spacial score (nSPS) is 31.8. The first-order chi connectivity index (χ1) is 8.46. The lowest BCUT2D eigenvalue weighted by Gasteiger charge is -2.41. The second kappa shape index (κ2) is 5.94. The van der Waals surface area contributed by atoms with Crippen LogP contribution < -0.4 is 5.32 Å². The Hall–Kier alpha value is -0.0400. The zero-order valence-corrected chi connectivity index (χ0v) is 13.0. The van der Waals surface area contributed by atoms with Crippen LogP contribution in [-0.4, -0.2) is 12.6 Å². The second-order valence-electron chi connectivity index (χ2n) is 8.08. The maximum atomic E-state index is 3.77. The van der Waals surface area contributed by atoms with Crippen LogP contribution in [0, 0.1) is 23.2 Å². The van der Waals surface area contributed by atoms with Crippen LogP contribution in [0.5, 0.6) is 0 Å². The van der Waals surface area contributed by atoms with Gasteiger partial charge in [0, 0.05) is 6.04 Å². The number of nitrogens with one attached hydrogen (secondary N) is 1. The summed E-state index contributed by atoms with van der Waals surface area (Å²) in [6, 6.07) is 0.880. The predicted octanol–water partition coefficient (Wildman–Crippen LogP) is 4.62. The van der Waals surface area contributed by atoms with Gasteiger partial charge in [-0.2, -0.15) is 0 Å². The van der Waals surface area contributed by atoms with Crippen molar-refractivity contribution in [2.24, 2.45) is 23.2 Å². The van der Waals surface area contributed by atoms with Gasteiger partial charge in [-0.1, -0.05) is 34.1 Å². The highest BCUT2D eigenvalue weighted by atomic mass is 14.9. The van der Waals surface area contributed by atoms with Crippen molar-refractivity contribution >= 4 is 0 Å². The van der Waals surface area contributed by atoms with Crippen molar-refractivity contribution in [1.29, 1.82) is 0 Å². The van der Waals surface area contributed by atoms with E-state index in [0.717, 1.165) is 23.8 Å². The lowest BCUT2D eigenvalue weighted by Crippen LogP contribution is -2.36. The standard InChI is InChI=1S/C17H33N/c1-13(2)5-6-14-11-17(3,4)10-9-15(14)12-18-16-7-8-16/h13-16,18H,5-12H2,1-4H3. The quantitative estimate of drug-likeness (QED) is 0.726. The fourth-order valence-corrected chi connectivity index (χ4v) is 3.55. The van der Waals surface area contributed by atoms with Crippen LogP contribution >= 0.6 is 0 Å². The molecule has 2 aliphatic carbocycles. The Balaban J connectivity index is 1.83. The van der Waals surface area contributed by atoms with E-state index in [-0.39, 0.29) is 0 Å². The largest absolute Gasteiger partial charge is 0.314 e. The molecule has 2 fully saturated rings. The van der Waals surface area contributed by atoms with Gasteiger partial charge in [-0.25, -0.2) is 0 Å². The summed E-state index contributed by atoms with van der Waals surface area (Å²) >= 11 is 0. The van der Waals surface area contributed by atoms with Crippen LogP contribution in [0.4, 0.5) is 0 Å². The lowest BCUT2D eigenvalue weighted by atomic mass is 9.65. The van der Waals surface area contributed by atoms with E-state index in [1.165, 1.54) is 51.5 Å². The van der Waals surface area contributed by atoms with E-state index in [1.54, 1.807) is 0 Å². The molecule has 2 unspecified atom stereocenters. The smallest absolute Gasteiger partial charge is 0.00683 e. The van der Waals surface area contributed by atoms with Crippen molar-refractivity contribution in [2.75, 3.05) is 6.54 Å². The van der Waals surface area contributed by atoms with Gasteiger partial charge in [0.1, 0.15) is 0 Å². The average molecular weight is 251 g/mol. The van der Waals surface area contributed by atoms with E-state index in [0.29, 0.717) is 5.41 Å². The predicted molar refractivity (Wildman–Crippen MR) is 79.7 cm³/mol. The summed E-state index contributed by atoms with van der Waals surface area (Å²) in [5.74, 6) is 2.80. The molecule has 2 atom stereocenters. The maximum absolute atomic E-state index is 3.77. The van der Waals surface area contributed by atoms with Gasteiger partial charge in [-0.15, -0.1) is 0 Å². The Morgan fingerprint density at radius 1 is 1.11 bits per heavy atom. The third-order valence-electron chi connectivity index (χ3n) is 5.03. The summed E-state index contributed by atoms with van der Waals surface area (Å²) in [7, 11) is 0. The topological polar surface area (TPSA) is 12.0 Å². The molecule has 2 aliphatic rings. The molecule has 0 aromatic rings. The van der Waals surface area contributed by atoms with Crippen LogP contribution in [0.3, 0.4) is 0 Å². The second-order valence-corrected chi connectivity index (χ2v) is 8.08. The van der Waals surface area contributed by atoms with E-state index < -0.39 is 0 Å². The molecule has 0 aromatic carbocycles. The molecule has 1 N–H and O–H groups in total. The first kappa shape index (κ1) is 14.4. The Bertz CT molecular complexity index is 250. The van der Waals surface area contributed by atoms with Crippen molar-refractivity contribution < 1.29 is 0 Å². The molecule has 0 saturated heterocycles.